The molecule has 0 aromatic heterocycles. The van der Waals surface area contributed by atoms with Crippen LogP contribution in [0.5, 0.6) is 5.75 Å². The maximum Gasteiger partial charge on any atom is 0.251 e. The highest BCUT2D eigenvalue weighted by Crippen LogP contribution is 2.25. The van der Waals surface area contributed by atoms with E-state index in [1.54, 1.807) is 6.07 Å². The minimum atomic E-state index is -0.0682. The number of ether oxygens (including phenoxy) is 1. The first-order valence-electron chi connectivity index (χ1n) is 5.70. The third-order valence-electron chi connectivity index (χ3n) is 2.63. The molecule has 1 aromatic rings. The Morgan fingerprint density at radius 3 is 3.18 bits per heavy atom. The van der Waals surface area contributed by atoms with Crippen LogP contribution >= 0.6 is 0 Å². The van der Waals surface area contributed by atoms with Gasteiger partial charge in [0.15, 0.2) is 0 Å². The first-order valence-corrected chi connectivity index (χ1v) is 5.70. The fourth-order valence-corrected chi connectivity index (χ4v) is 1.76. The van der Waals surface area contributed by atoms with Crippen LogP contribution in [-0.4, -0.2) is 25.6 Å². The van der Waals surface area contributed by atoms with Gasteiger partial charge in [-0.1, -0.05) is 12.2 Å². The molecule has 1 amide bonds. The first-order chi connectivity index (χ1) is 8.31. The lowest BCUT2D eigenvalue weighted by atomic mass is 10.1. The van der Waals surface area contributed by atoms with Gasteiger partial charge in [0.05, 0.1) is 6.61 Å². The van der Waals surface area contributed by atoms with Crippen molar-refractivity contribution < 1.29 is 9.53 Å². The third kappa shape index (κ3) is 2.85. The highest BCUT2D eigenvalue weighted by Gasteiger charge is 2.14. The van der Waals surface area contributed by atoms with Crippen LogP contribution in [0, 0.1) is 0 Å². The molecule has 90 valence electrons. The van der Waals surface area contributed by atoms with Crippen LogP contribution < -0.4 is 15.8 Å². The average molecular weight is 232 g/mol. The second-order valence-electron chi connectivity index (χ2n) is 3.84. The molecule has 0 aliphatic carbocycles. The van der Waals surface area contributed by atoms with Crippen molar-refractivity contribution in [1.82, 2.24) is 5.32 Å². The molecule has 1 aliphatic rings. The summed E-state index contributed by atoms with van der Waals surface area (Å²) >= 11 is 0. The van der Waals surface area contributed by atoms with Gasteiger partial charge in [-0.15, -0.1) is 0 Å². The van der Waals surface area contributed by atoms with Crippen molar-refractivity contribution in [3.8, 4) is 5.75 Å². The number of rotatable bonds is 4. The Morgan fingerprint density at radius 2 is 2.35 bits per heavy atom. The lowest BCUT2D eigenvalue weighted by Crippen LogP contribution is -2.23. The molecule has 0 bridgehead atoms. The number of nitrogens with one attached hydrogen (secondary N) is 1. The van der Waals surface area contributed by atoms with E-state index in [0.717, 1.165) is 17.7 Å². The van der Waals surface area contributed by atoms with Crippen molar-refractivity contribution in [3.05, 3.63) is 41.5 Å². The summed E-state index contributed by atoms with van der Waals surface area (Å²) in [7, 11) is 0. The van der Waals surface area contributed by atoms with Gasteiger partial charge in [-0.25, -0.2) is 0 Å². The van der Waals surface area contributed by atoms with Gasteiger partial charge in [0, 0.05) is 25.1 Å². The summed E-state index contributed by atoms with van der Waals surface area (Å²) in [4.78, 5) is 11.8. The average Bonchev–Trinajstić information content (AvgIpc) is 2.81. The number of benzene rings is 1. The fraction of sp³-hybridized carbons (Fsp3) is 0.308. The molecule has 4 heteroatoms. The van der Waals surface area contributed by atoms with E-state index in [9.17, 15) is 4.79 Å². The molecule has 0 radical (unpaired) electrons. The van der Waals surface area contributed by atoms with Gasteiger partial charge < -0.3 is 15.8 Å². The summed E-state index contributed by atoms with van der Waals surface area (Å²) in [6, 6.07) is 5.53. The number of amides is 1. The SMILES string of the molecule is NC/C=C/CNC(=O)c1ccc2c(c1)CCO2. The first kappa shape index (κ1) is 11.7. The molecule has 17 heavy (non-hydrogen) atoms. The number of carbonyl (C=O) groups excluding carboxylic acids is 1. The van der Waals surface area contributed by atoms with Gasteiger partial charge in [0.25, 0.3) is 5.91 Å². The van der Waals surface area contributed by atoms with Crippen molar-refractivity contribution in [1.29, 1.82) is 0 Å². The predicted octanol–water partition coefficient (Wildman–Crippen LogP) is 0.866. The van der Waals surface area contributed by atoms with Crippen LogP contribution in [0.3, 0.4) is 0 Å². The Balaban J connectivity index is 1.97. The molecule has 0 fully saturated rings. The van der Waals surface area contributed by atoms with Crippen LogP contribution in [0.1, 0.15) is 15.9 Å². The molecule has 0 saturated heterocycles. The Kier molecular flexibility index (Phi) is 3.77. The molecule has 1 heterocycles. The van der Waals surface area contributed by atoms with E-state index in [1.807, 2.05) is 24.3 Å². The summed E-state index contributed by atoms with van der Waals surface area (Å²) in [6.07, 6.45) is 4.54. The number of hydrogen-bond donors (Lipinski definition) is 2. The van der Waals surface area contributed by atoms with E-state index < -0.39 is 0 Å². The summed E-state index contributed by atoms with van der Waals surface area (Å²) < 4.78 is 5.39. The Bertz CT molecular complexity index is 441. The van der Waals surface area contributed by atoms with Gasteiger partial charge >= 0.3 is 0 Å². The smallest absolute Gasteiger partial charge is 0.251 e. The topological polar surface area (TPSA) is 64.3 Å². The van der Waals surface area contributed by atoms with Crippen molar-refractivity contribution >= 4 is 5.91 Å². The normalized spacial score (nSPS) is 13.5. The number of fused-ring (bicyclic) bond motifs is 1. The lowest BCUT2D eigenvalue weighted by Gasteiger charge is -2.04. The molecular formula is C13H16N2O2. The lowest BCUT2D eigenvalue weighted by molar-refractivity contribution is 0.0958. The molecule has 0 unspecified atom stereocenters. The molecule has 0 spiro atoms. The van der Waals surface area contributed by atoms with Gasteiger partial charge in [0.1, 0.15) is 5.75 Å². The molecule has 4 nitrogen and oxygen atoms in total. The zero-order chi connectivity index (χ0) is 12.1. The molecule has 0 saturated carbocycles. The fourth-order valence-electron chi connectivity index (χ4n) is 1.76. The maximum absolute atomic E-state index is 11.8. The highest BCUT2D eigenvalue weighted by atomic mass is 16.5. The molecular weight excluding hydrogens is 216 g/mol. The van der Waals surface area contributed by atoms with Crippen LogP contribution in [0.2, 0.25) is 0 Å². The van der Waals surface area contributed by atoms with Crippen LogP contribution in [-0.2, 0) is 6.42 Å². The van der Waals surface area contributed by atoms with Crippen LogP contribution in [0.15, 0.2) is 30.4 Å². The largest absolute Gasteiger partial charge is 0.493 e. The van der Waals surface area contributed by atoms with E-state index in [0.29, 0.717) is 25.3 Å². The summed E-state index contributed by atoms with van der Waals surface area (Å²) in [6.45, 7) is 1.70. The van der Waals surface area contributed by atoms with E-state index in [1.165, 1.54) is 0 Å². The van der Waals surface area contributed by atoms with Gasteiger partial charge in [-0.3, -0.25) is 4.79 Å². The molecule has 1 aliphatic heterocycles. The van der Waals surface area contributed by atoms with Crippen molar-refractivity contribution in [2.24, 2.45) is 5.73 Å². The van der Waals surface area contributed by atoms with E-state index in [4.69, 9.17) is 10.5 Å². The quantitative estimate of drug-likeness (QED) is 0.757. The van der Waals surface area contributed by atoms with Gasteiger partial charge in [-0.05, 0) is 23.8 Å². The van der Waals surface area contributed by atoms with Gasteiger partial charge in [-0.2, -0.15) is 0 Å². The minimum absolute atomic E-state index is 0.0682. The van der Waals surface area contributed by atoms with Crippen molar-refractivity contribution in [3.63, 3.8) is 0 Å². The zero-order valence-corrected chi connectivity index (χ0v) is 9.61. The van der Waals surface area contributed by atoms with Crippen LogP contribution in [0.25, 0.3) is 0 Å². The summed E-state index contributed by atoms with van der Waals surface area (Å²) in [5, 5.41) is 2.80. The predicted molar refractivity (Wildman–Crippen MR) is 66.2 cm³/mol. The third-order valence-corrected chi connectivity index (χ3v) is 2.63. The highest BCUT2D eigenvalue weighted by molar-refractivity contribution is 5.94. The minimum Gasteiger partial charge on any atom is -0.493 e. The maximum atomic E-state index is 11.8. The summed E-state index contributed by atoms with van der Waals surface area (Å²) in [5.74, 6) is 0.825. The van der Waals surface area contributed by atoms with Crippen molar-refractivity contribution in [2.75, 3.05) is 19.7 Å². The van der Waals surface area contributed by atoms with Crippen molar-refractivity contribution in [2.45, 2.75) is 6.42 Å². The van der Waals surface area contributed by atoms with Crippen LogP contribution in [0.4, 0.5) is 0 Å². The number of hydrogen-bond acceptors (Lipinski definition) is 3. The number of nitrogens with two attached hydrogens (primary N) is 1. The zero-order valence-electron chi connectivity index (χ0n) is 9.61. The Morgan fingerprint density at radius 1 is 1.47 bits per heavy atom. The number of carbonyl (C=O) groups is 1. The van der Waals surface area contributed by atoms with E-state index >= 15 is 0 Å². The second-order valence-corrected chi connectivity index (χ2v) is 3.84. The summed E-state index contributed by atoms with van der Waals surface area (Å²) in [5.41, 5.74) is 7.09. The standard InChI is InChI=1S/C13H16N2O2/c14-6-1-2-7-15-13(16)11-3-4-12-10(9-11)5-8-17-12/h1-4,9H,5-8,14H2,(H,15,16)/b2-1+. The Hall–Kier alpha value is -1.81. The molecule has 1 aromatic carbocycles. The monoisotopic (exact) mass is 232 g/mol. The molecule has 0 atom stereocenters. The second kappa shape index (κ2) is 5.50. The molecule has 2 rings (SSSR count). The molecule has 3 N–H and O–H groups in total. The van der Waals surface area contributed by atoms with E-state index in [-0.39, 0.29) is 5.91 Å². The Labute approximate surface area is 100 Å². The van der Waals surface area contributed by atoms with Gasteiger partial charge in [0.2, 0.25) is 0 Å². The van der Waals surface area contributed by atoms with E-state index in [2.05, 4.69) is 5.32 Å².